The van der Waals surface area contributed by atoms with Gasteiger partial charge in [-0.3, -0.25) is 19.7 Å². The highest BCUT2D eigenvalue weighted by Crippen LogP contribution is 2.50. The Labute approximate surface area is 154 Å². The van der Waals surface area contributed by atoms with Crippen LogP contribution in [0.5, 0.6) is 0 Å². The Bertz CT molecular complexity index is 928. The number of amides is 2. The summed E-state index contributed by atoms with van der Waals surface area (Å²) in [5.74, 6) is -4.17. The molecule has 27 heavy (non-hydrogen) atoms. The van der Waals surface area contributed by atoms with E-state index in [1.807, 2.05) is 0 Å². The number of esters is 1. The molecule has 0 bridgehead atoms. The Balaban J connectivity index is 1.84. The molecule has 2 aliphatic heterocycles. The van der Waals surface area contributed by atoms with Crippen LogP contribution in [0.4, 0.5) is 10.1 Å². The van der Waals surface area contributed by atoms with Crippen molar-refractivity contribution in [1.29, 1.82) is 0 Å². The summed E-state index contributed by atoms with van der Waals surface area (Å²) in [7, 11) is 1.21. The van der Waals surface area contributed by atoms with E-state index >= 15 is 0 Å². The molecular formula is C19H17FN2O5. The van der Waals surface area contributed by atoms with Crippen molar-refractivity contribution in [3.05, 3.63) is 54.2 Å². The number of nitrogens with zero attached hydrogens (tertiary/aromatic N) is 1. The average molecular weight is 372 g/mol. The lowest BCUT2D eigenvalue weighted by molar-refractivity contribution is -0.151. The molecule has 2 aliphatic rings. The van der Waals surface area contributed by atoms with Gasteiger partial charge in [0.25, 0.3) is 0 Å². The molecule has 7 nitrogen and oxygen atoms in total. The Kier molecular flexibility index (Phi) is 3.88. The van der Waals surface area contributed by atoms with Crippen molar-refractivity contribution in [3.8, 4) is 0 Å². The predicted molar refractivity (Wildman–Crippen MR) is 90.9 cm³/mol. The molecule has 140 valence electrons. The van der Waals surface area contributed by atoms with Crippen molar-refractivity contribution in [2.24, 2.45) is 11.8 Å². The lowest BCUT2D eigenvalue weighted by atomic mass is 9.81. The fourth-order valence-corrected chi connectivity index (χ4v) is 4.12. The lowest BCUT2D eigenvalue weighted by Gasteiger charge is -2.28. The van der Waals surface area contributed by atoms with Crippen molar-refractivity contribution < 1.29 is 27.9 Å². The van der Waals surface area contributed by atoms with Gasteiger partial charge in [0.2, 0.25) is 11.8 Å². The minimum Gasteiger partial charge on any atom is -0.468 e. The smallest absolute Gasteiger partial charge is 0.326 e. The molecule has 4 atom stereocenters. The van der Waals surface area contributed by atoms with Crippen LogP contribution >= 0.6 is 0 Å². The molecule has 0 unspecified atom stereocenters. The van der Waals surface area contributed by atoms with E-state index in [1.165, 1.54) is 44.6 Å². The van der Waals surface area contributed by atoms with Crippen LogP contribution in [0.25, 0.3) is 0 Å². The van der Waals surface area contributed by atoms with Crippen molar-refractivity contribution >= 4 is 23.5 Å². The van der Waals surface area contributed by atoms with Crippen LogP contribution in [-0.4, -0.2) is 30.4 Å². The Morgan fingerprint density at radius 3 is 2.59 bits per heavy atom. The van der Waals surface area contributed by atoms with Crippen LogP contribution in [0.15, 0.2) is 47.1 Å². The number of rotatable bonds is 3. The maximum Gasteiger partial charge on any atom is 0.326 e. The summed E-state index contributed by atoms with van der Waals surface area (Å²) >= 11 is 0. The van der Waals surface area contributed by atoms with E-state index in [0.29, 0.717) is 5.76 Å². The normalized spacial score (nSPS) is 29.9. The molecule has 2 saturated heterocycles. The monoisotopic (exact) mass is 372 g/mol. The molecule has 0 aliphatic carbocycles. The molecule has 4 rings (SSSR count). The molecule has 1 N–H and O–H groups in total. The number of carbonyl (C=O) groups excluding carboxylic acids is 3. The van der Waals surface area contributed by atoms with Gasteiger partial charge >= 0.3 is 5.97 Å². The third-order valence-electron chi connectivity index (χ3n) is 5.34. The summed E-state index contributed by atoms with van der Waals surface area (Å²) in [6.45, 7) is 1.51. The molecule has 2 aromatic rings. The number of hydrogen-bond donors (Lipinski definition) is 1. The molecule has 3 heterocycles. The fourth-order valence-electron chi connectivity index (χ4n) is 4.12. The fraction of sp³-hybridized carbons (Fsp3) is 0.316. The minimum atomic E-state index is -1.45. The standard InChI is InChI=1S/C19H17FN2O5/c1-19(18(25)26-2)14-13(15(21-19)12-8-5-9-27-12)16(23)22(17(14)24)11-7-4-3-6-10(11)20/h3-9,13-15,21H,1-2H3/t13-,14-,15-,19-/m0/s1. The first-order valence-corrected chi connectivity index (χ1v) is 8.42. The maximum atomic E-state index is 14.3. The number of benzene rings is 1. The van der Waals surface area contributed by atoms with Gasteiger partial charge in [-0.2, -0.15) is 0 Å². The Morgan fingerprint density at radius 2 is 1.96 bits per heavy atom. The summed E-state index contributed by atoms with van der Waals surface area (Å²) in [4.78, 5) is 39.6. The van der Waals surface area contributed by atoms with Gasteiger partial charge in [0.15, 0.2) is 0 Å². The van der Waals surface area contributed by atoms with Gasteiger partial charge in [-0.1, -0.05) is 12.1 Å². The first-order chi connectivity index (χ1) is 12.9. The maximum absolute atomic E-state index is 14.3. The number of anilines is 1. The zero-order valence-electron chi connectivity index (χ0n) is 14.6. The highest BCUT2D eigenvalue weighted by molar-refractivity contribution is 6.24. The van der Waals surface area contributed by atoms with Crippen molar-refractivity contribution in [3.63, 3.8) is 0 Å². The molecule has 1 aromatic carbocycles. The first kappa shape index (κ1) is 17.4. The van der Waals surface area contributed by atoms with Crippen molar-refractivity contribution in [2.45, 2.75) is 18.5 Å². The molecule has 8 heteroatoms. The highest BCUT2D eigenvalue weighted by Gasteiger charge is 2.67. The summed E-state index contributed by atoms with van der Waals surface area (Å²) in [6, 6.07) is 8.12. The topological polar surface area (TPSA) is 88.8 Å². The number of imide groups is 1. The molecule has 2 amide bonds. The van der Waals surface area contributed by atoms with Gasteiger partial charge in [-0.05, 0) is 31.2 Å². The van der Waals surface area contributed by atoms with Gasteiger partial charge in [-0.15, -0.1) is 0 Å². The third-order valence-corrected chi connectivity index (χ3v) is 5.34. The van der Waals surface area contributed by atoms with Crippen LogP contribution in [0.1, 0.15) is 18.7 Å². The average Bonchev–Trinajstić information content (AvgIpc) is 3.34. The molecule has 0 radical (unpaired) electrons. The SMILES string of the molecule is COC(=O)[C@@]1(C)N[C@@H](c2ccco2)[C@H]2C(=O)N(c3ccccc3F)C(=O)[C@H]21. The van der Waals surface area contributed by atoms with Crippen LogP contribution in [-0.2, 0) is 19.1 Å². The molecule has 0 saturated carbocycles. The second-order valence-corrected chi connectivity index (χ2v) is 6.80. The Morgan fingerprint density at radius 1 is 1.22 bits per heavy atom. The van der Waals surface area contributed by atoms with Crippen LogP contribution in [0, 0.1) is 17.7 Å². The van der Waals surface area contributed by atoms with E-state index in [9.17, 15) is 18.8 Å². The van der Waals surface area contributed by atoms with E-state index in [4.69, 9.17) is 9.15 Å². The van der Waals surface area contributed by atoms with E-state index in [0.717, 1.165) is 4.90 Å². The Hall–Kier alpha value is -3.00. The number of carbonyl (C=O) groups is 3. The number of fused-ring (bicyclic) bond motifs is 1. The first-order valence-electron chi connectivity index (χ1n) is 8.42. The zero-order chi connectivity index (χ0) is 19.3. The van der Waals surface area contributed by atoms with Crippen LogP contribution in [0.3, 0.4) is 0 Å². The highest BCUT2D eigenvalue weighted by atomic mass is 19.1. The summed E-state index contributed by atoms with van der Waals surface area (Å²) < 4.78 is 24.6. The van der Waals surface area contributed by atoms with Gasteiger partial charge in [0.05, 0.1) is 36.9 Å². The minimum absolute atomic E-state index is 0.132. The number of hydrogen-bond acceptors (Lipinski definition) is 6. The van der Waals surface area contributed by atoms with Crippen molar-refractivity contribution in [1.82, 2.24) is 5.32 Å². The van der Waals surface area contributed by atoms with Gasteiger partial charge in [0, 0.05) is 0 Å². The second kappa shape index (κ2) is 6.02. The van der Waals surface area contributed by atoms with E-state index in [1.54, 1.807) is 12.1 Å². The van der Waals surface area contributed by atoms with Crippen LogP contribution < -0.4 is 10.2 Å². The summed E-state index contributed by atoms with van der Waals surface area (Å²) in [5, 5.41) is 3.04. The van der Waals surface area contributed by atoms with Gasteiger partial charge in [-0.25, -0.2) is 9.29 Å². The third kappa shape index (κ3) is 2.33. The largest absolute Gasteiger partial charge is 0.468 e. The number of furan rings is 1. The zero-order valence-corrected chi connectivity index (χ0v) is 14.6. The molecule has 1 aromatic heterocycles. The second-order valence-electron chi connectivity index (χ2n) is 6.80. The number of halogens is 1. The summed E-state index contributed by atoms with van der Waals surface area (Å²) in [5.41, 5.74) is -1.59. The molecule has 0 spiro atoms. The van der Waals surface area contributed by atoms with E-state index < -0.39 is 47.0 Å². The van der Waals surface area contributed by atoms with E-state index in [-0.39, 0.29) is 5.69 Å². The lowest BCUT2D eigenvalue weighted by Crippen LogP contribution is -2.54. The predicted octanol–water partition coefficient (Wildman–Crippen LogP) is 1.80. The number of nitrogens with one attached hydrogen (secondary N) is 1. The number of para-hydroxylation sites is 1. The number of methoxy groups -OCH3 is 1. The van der Waals surface area contributed by atoms with Gasteiger partial charge in [0.1, 0.15) is 17.1 Å². The number of ether oxygens (including phenoxy) is 1. The van der Waals surface area contributed by atoms with Crippen molar-refractivity contribution in [2.75, 3.05) is 12.0 Å². The molecule has 2 fully saturated rings. The quantitative estimate of drug-likeness (QED) is 0.653. The van der Waals surface area contributed by atoms with Gasteiger partial charge < -0.3 is 9.15 Å². The summed E-state index contributed by atoms with van der Waals surface area (Å²) in [6.07, 6.45) is 1.44. The van der Waals surface area contributed by atoms with E-state index in [2.05, 4.69) is 5.32 Å². The van der Waals surface area contributed by atoms with Crippen LogP contribution in [0.2, 0.25) is 0 Å². The molecular weight excluding hydrogens is 355 g/mol.